The van der Waals surface area contributed by atoms with Crippen LogP contribution in [0.15, 0.2) is 54.6 Å². The Morgan fingerprint density at radius 3 is 2.33 bits per heavy atom. The largest absolute Gasteiger partial charge is 0.433 e. The van der Waals surface area contributed by atoms with Gasteiger partial charge in [0.15, 0.2) is 0 Å². The molecule has 1 aliphatic rings. The molecule has 1 aliphatic heterocycles. The number of hydrogen-bond donors (Lipinski definition) is 0. The van der Waals surface area contributed by atoms with Crippen molar-refractivity contribution in [3.05, 3.63) is 77.0 Å². The van der Waals surface area contributed by atoms with Crippen molar-refractivity contribution in [1.82, 2.24) is 9.88 Å². The van der Waals surface area contributed by atoms with Crippen LogP contribution in [0.1, 0.15) is 28.5 Å². The first-order valence-electron chi connectivity index (χ1n) is 9.09. The van der Waals surface area contributed by atoms with Gasteiger partial charge < -0.3 is 4.74 Å². The number of aromatic nitrogens is 1. The summed E-state index contributed by atoms with van der Waals surface area (Å²) in [5.41, 5.74) is -2.25. The van der Waals surface area contributed by atoms with Crippen molar-refractivity contribution in [3.8, 4) is 0 Å². The molecule has 1 atom stereocenters. The number of benzene rings is 2. The molecule has 2 heterocycles. The molecule has 9 heteroatoms. The summed E-state index contributed by atoms with van der Waals surface area (Å²) in [5.74, 6) is 0. The zero-order valence-electron chi connectivity index (χ0n) is 15.5. The minimum Gasteiger partial charge on any atom is -0.357 e. The third-order valence-corrected chi connectivity index (χ3v) is 4.95. The molecule has 4 rings (SSSR count). The van der Waals surface area contributed by atoms with E-state index in [0.29, 0.717) is 6.54 Å². The molecule has 0 spiro atoms. The lowest BCUT2D eigenvalue weighted by atomic mass is 9.99. The molecule has 158 valence electrons. The van der Waals surface area contributed by atoms with E-state index in [2.05, 4.69) is 4.98 Å². The Kier molecular flexibility index (Phi) is 5.19. The molecule has 0 radical (unpaired) electrons. The number of fused-ring (bicyclic) bond motifs is 1. The smallest absolute Gasteiger partial charge is 0.357 e. The first-order valence-corrected chi connectivity index (χ1v) is 9.09. The van der Waals surface area contributed by atoms with E-state index in [1.807, 2.05) is 35.2 Å². The van der Waals surface area contributed by atoms with Gasteiger partial charge in [-0.25, -0.2) is 4.98 Å². The van der Waals surface area contributed by atoms with Crippen LogP contribution in [0.3, 0.4) is 0 Å². The van der Waals surface area contributed by atoms with E-state index in [9.17, 15) is 26.3 Å². The summed E-state index contributed by atoms with van der Waals surface area (Å²) in [6.07, 6.45) is -10.5. The number of halogens is 6. The Morgan fingerprint density at radius 1 is 0.933 bits per heavy atom. The summed E-state index contributed by atoms with van der Waals surface area (Å²) in [7, 11) is 0. The van der Waals surface area contributed by atoms with Gasteiger partial charge in [-0.2, -0.15) is 26.3 Å². The van der Waals surface area contributed by atoms with Crippen molar-refractivity contribution in [2.24, 2.45) is 0 Å². The van der Waals surface area contributed by atoms with Gasteiger partial charge in [0, 0.05) is 18.5 Å². The zero-order valence-corrected chi connectivity index (χ0v) is 15.5. The highest BCUT2D eigenvalue weighted by Crippen LogP contribution is 2.40. The van der Waals surface area contributed by atoms with Gasteiger partial charge in [0.2, 0.25) is 0 Å². The Balaban J connectivity index is 1.75. The maximum atomic E-state index is 13.4. The van der Waals surface area contributed by atoms with E-state index in [1.165, 1.54) is 12.1 Å². The highest BCUT2D eigenvalue weighted by atomic mass is 19.4. The van der Waals surface area contributed by atoms with Crippen molar-refractivity contribution in [2.45, 2.75) is 25.0 Å². The standard InChI is InChI=1S/C21H16F6N2O/c22-20(23,24)16-8-4-7-14-15(9-18(21(25,26)27)28-19(14)16)17-11-29(12-30-17)10-13-5-2-1-3-6-13/h1-9,17H,10-12H2. The fourth-order valence-corrected chi connectivity index (χ4v) is 3.59. The van der Waals surface area contributed by atoms with Crippen molar-refractivity contribution < 1.29 is 31.1 Å². The first-order chi connectivity index (χ1) is 14.1. The van der Waals surface area contributed by atoms with Crippen LogP contribution in [-0.4, -0.2) is 23.2 Å². The highest BCUT2D eigenvalue weighted by Gasteiger charge is 2.39. The molecule has 0 saturated carbocycles. The van der Waals surface area contributed by atoms with Crippen molar-refractivity contribution in [2.75, 3.05) is 13.3 Å². The Labute approximate surface area is 167 Å². The monoisotopic (exact) mass is 426 g/mol. The molecule has 0 aliphatic carbocycles. The van der Waals surface area contributed by atoms with Crippen LogP contribution in [-0.2, 0) is 23.6 Å². The quantitative estimate of drug-likeness (QED) is 0.495. The van der Waals surface area contributed by atoms with Crippen LogP contribution >= 0.6 is 0 Å². The van der Waals surface area contributed by atoms with Gasteiger partial charge in [-0.05, 0) is 23.3 Å². The summed E-state index contributed by atoms with van der Waals surface area (Å²) in [5, 5.41) is 0.00406. The molecule has 0 N–H and O–H groups in total. The lowest BCUT2D eigenvalue weighted by Gasteiger charge is -2.18. The molecular formula is C21H16F6N2O. The number of pyridine rings is 1. The SMILES string of the molecule is FC(F)(F)c1cc(C2CN(Cc3ccccc3)CO2)c2cccc(C(F)(F)F)c2n1. The van der Waals surface area contributed by atoms with Gasteiger partial charge in [-0.15, -0.1) is 0 Å². The molecule has 1 fully saturated rings. The normalized spacial score (nSPS) is 18.3. The second-order valence-electron chi connectivity index (χ2n) is 7.08. The molecule has 3 nitrogen and oxygen atoms in total. The van der Waals surface area contributed by atoms with E-state index < -0.39 is 35.2 Å². The van der Waals surface area contributed by atoms with Gasteiger partial charge in [-0.1, -0.05) is 42.5 Å². The third-order valence-electron chi connectivity index (χ3n) is 4.95. The van der Waals surface area contributed by atoms with E-state index in [1.54, 1.807) is 0 Å². The maximum Gasteiger partial charge on any atom is 0.433 e. The zero-order chi connectivity index (χ0) is 21.5. The van der Waals surface area contributed by atoms with Gasteiger partial charge in [-0.3, -0.25) is 4.90 Å². The second-order valence-corrected chi connectivity index (χ2v) is 7.08. The summed E-state index contributed by atoms with van der Waals surface area (Å²) < 4.78 is 86.0. The molecule has 0 bridgehead atoms. The lowest BCUT2D eigenvalue weighted by molar-refractivity contribution is -0.142. The number of hydrogen-bond acceptors (Lipinski definition) is 3. The van der Waals surface area contributed by atoms with E-state index in [4.69, 9.17) is 4.74 Å². The first kappa shape index (κ1) is 20.6. The van der Waals surface area contributed by atoms with E-state index in [0.717, 1.165) is 17.7 Å². The third kappa shape index (κ3) is 4.13. The average Bonchev–Trinajstić information content (AvgIpc) is 3.14. The van der Waals surface area contributed by atoms with Crippen LogP contribution in [0.4, 0.5) is 26.3 Å². The minimum atomic E-state index is -4.88. The van der Waals surface area contributed by atoms with Crippen molar-refractivity contribution in [1.29, 1.82) is 0 Å². The summed E-state index contributed by atoms with van der Waals surface area (Å²) >= 11 is 0. The van der Waals surface area contributed by atoms with Crippen LogP contribution in [0.25, 0.3) is 10.9 Å². The molecule has 3 aromatic rings. The fraction of sp³-hybridized carbons (Fsp3) is 0.286. The number of rotatable bonds is 3. The summed E-state index contributed by atoms with van der Waals surface area (Å²) in [6, 6.07) is 13.5. The number of nitrogens with zero attached hydrogens (tertiary/aromatic N) is 2. The molecule has 1 saturated heterocycles. The molecule has 30 heavy (non-hydrogen) atoms. The molecule has 0 amide bonds. The topological polar surface area (TPSA) is 25.4 Å². The van der Waals surface area contributed by atoms with Crippen LogP contribution in [0, 0.1) is 0 Å². The number of alkyl halides is 6. The van der Waals surface area contributed by atoms with E-state index in [-0.39, 0.29) is 24.2 Å². The summed E-state index contributed by atoms with van der Waals surface area (Å²) in [4.78, 5) is 5.20. The predicted octanol–water partition coefficient (Wildman–Crippen LogP) is 5.80. The minimum absolute atomic E-state index is 0.00406. The average molecular weight is 426 g/mol. The van der Waals surface area contributed by atoms with Gasteiger partial charge >= 0.3 is 12.4 Å². The number of para-hydroxylation sites is 1. The molecule has 1 aromatic heterocycles. The van der Waals surface area contributed by atoms with Gasteiger partial charge in [0.25, 0.3) is 0 Å². The predicted molar refractivity (Wildman–Crippen MR) is 97.3 cm³/mol. The van der Waals surface area contributed by atoms with E-state index >= 15 is 0 Å². The molecule has 2 aromatic carbocycles. The molecule has 1 unspecified atom stereocenters. The van der Waals surface area contributed by atoms with Gasteiger partial charge in [0.1, 0.15) is 12.4 Å². The van der Waals surface area contributed by atoms with Crippen molar-refractivity contribution in [3.63, 3.8) is 0 Å². The van der Waals surface area contributed by atoms with Gasteiger partial charge in [0.05, 0.1) is 17.2 Å². The van der Waals surface area contributed by atoms with Crippen molar-refractivity contribution >= 4 is 10.9 Å². The van der Waals surface area contributed by atoms with Crippen LogP contribution < -0.4 is 0 Å². The second kappa shape index (κ2) is 7.55. The Morgan fingerprint density at radius 2 is 1.67 bits per heavy atom. The summed E-state index contributed by atoms with van der Waals surface area (Å²) in [6.45, 7) is 0.922. The Hall–Kier alpha value is -2.65. The Bertz CT molecular complexity index is 1050. The molecular weight excluding hydrogens is 410 g/mol. The highest BCUT2D eigenvalue weighted by molar-refractivity contribution is 5.86. The number of ether oxygens (including phenoxy) is 1. The maximum absolute atomic E-state index is 13.4. The van der Waals surface area contributed by atoms with Crippen LogP contribution in [0.2, 0.25) is 0 Å². The lowest BCUT2D eigenvalue weighted by Crippen LogP contribution is -2.20. The van der Waals surface area contributed by atoms with Crippen LogP contribution in [0.5, 0.6) is 0 Å². The fourth-order valence-electron chi connectivity index (χ4n) is 3.59.